The summed E-state index contributed by atoms with van der Waals surface area (Å²) in [7, 11) is 0. The second-order valence-corrected chi connectivity index (χ2v) is 22.0. The van der Waals surface area contributed by atoms with E-state index < -0.39 is 48.3 Å². The van der Waals surface area contributed by atoms with Crippen molar-refractivity contribution < 1.29 is 34.2 Å². The van der Waals surface area contributed by atoms with Gasteiger partial charge in [-0.25, -0.2) is 0 Å². The second-order valence-electron chi connectivity index (χ2n) is 15.6. The number of rotatable bonds is 14. The van der Waals surface area contributed by atoms with Crippen LogP contribution in [0.1, 0.15) is 33.4 Å². The molecular formula is C52H46F4N2Ti. The van der Waals surface area contributed by atoms with Crippen LogP contribution in [0.4, 0.5) is 28.9 Å². The Hall–Kier alpha value is -5.69. The molecule has 2 nitrogen and oxygen atoms in total. The zero-order chi connectivity index (χ0) is 40.9. The average Bonchev–Trinajstić information content (AvgIpc) is 3.99. The third-order valence-electron chi connectivity index (χ3n) is 11.6. The molecule has 0 radical (unpaired) electrons. The molecule has 0 saturated heterocycles. The van der Waals surface area contributed by atoms with Gasteiger partial charge in [0, 0.05) is 0 Å². The molecule has 0 spiro atoms. The number of allylic oxidation sites excluding steroid dienone is 8. The third-order valence-corrected chi connectivity index (χ3v) is 20.1. The van der Waals surface area contributed by atoms with Gasteiger partial charge < -0.3 is 0 Å². The Balaban J connectivity index is 1.36. The Morgan fingerprint density at radius 3 is 1.07 bits per heavy atom. The van der Waals surface area contributed by atoms with Gasteiger partial charge in [0.15, 0.2) is 0 Å². The molecule has 2 aliphatic carbocycles. The first kappa shape index (κ1) is 40.1. The summed E-state index contributed by atoms with van der Waals surface area (Å²) >= 11 is -5.13. The Labute approximate surface area is 348 Å². The topological polar surface area (TPSA) is 6.48 Å². The van der Waals surface area contributed by atoms with Crippen LogP contribution in [0.25, 0.3) is 0 Å². The van der Waals surface area contributed by atoms with Crippen molar-refractivity contribution >= 4 is 19.1 Å². The van der Waals surface area contributed by atoms with Crippen molar-refractivity contribution in [2.45, 2.75) is 48.5 Å². The van der Waals surface area contributed by atoms with Crippen molar-refractivity contribution in [3.8, 4) is 0 Å². The van der Waals surface area contributed by atoms with Crippen molar-refractivity contribution in [3.63, 3.8) is 0 Å². The van der Waals surface area contributed by atoms with Crippen molar-refractivity contribution in [3.05, 3.63) is 239 Å². The number of anilines is 2. The Bertz CT molecular complexity index is 2330. The van der Waals surface area contributed by atoms with Crippen LogP contribution in [0.15, 0.2) is 182 Å². The van der Waals surface area contributed by atoms with Crippen LogP contribution >= 0.6 is 0 Å². The molecule has 296 valence electrons. The van der Waals surface area contributed by atoms with Crippen molar-refractivity contribution in [1.82, 2.24) is 0 Å². The van der Waals surface area contributed by atoms with E-state index in [4.69, 9.17) is 0 Å². The van der Waals surface area contributed by atoms with Gasteiger partial charge in [-0.1, -0.05) is 0 Å². The van der Waals surface area contributed by atoms with Crippen LogP contribution in [-0.4, -0.2) is 0 Å². The minimum absolute atomic E-state index is 0.180. The molecule has 6 aromatic rings. The van der Waals surface area contributed by atoms with E-state index in [9.17, 15) is 0 Å². The van der Waals surface area contributed by atoms with Crippen molar-refractivity contribution in [2.24, 2.45) is 0 Å². The van der Waals surface area contributed by atoms with Crippen LogP contribution in [0.2, 0.25) is 8.45 Å². The van der Waals surface area contributed by atoms with E-state index in [-0.39, 0.29) is 19.1 Å². The molecule has 0 N–H and O–H groups in total. The average molecular weight is 823 g/mol. The standard InChI is InChI=1S/2C21H18F2N.2C5H5.Ti/c2*1-16-7-9-18(10-8-16)15-24(14-17-5-3-2-4-6-17)21-12-11-19(22)13-20(21)23;2*1-2-4-5-3-1;/h2*2-12H,14-15H2,1H3;2*1-5H;. The molecule has 59 heavy (non-hydrogen) atoms. The van der Waals surface area contributed by atoms with Gasteiger partial charge >= 0.3 is 350 Å². The van der Waals surface area contributed by atoms with E-state index >= 15 is 17.6 Å². The van der Waals surface area contributed by atoms with E-state index in [0.29, 0.717) is 26.2 Å². The number of aryl methyl sites for hydroxylation is 2. The predicted octanol–water partition coefficient (Wildman–Crippen LogP) is 12.2. The summed E-state index contributed by atoms with van der Waals surface area (Å²) in [6.07, 6.45) is 14.8. The van der Waals surface area contributed by atoms with Crippen LogP contribution in [0.5, 0.6) is 0 Å². The SMILES string of the molecule is Cc1ccc(CN(Cc2ccccc2)c2ccc(F)[c]([Ti]([c]3c(F)ccc(N(Cc4ccccc4)Cc4ccc(C)cc4)c3F)([CH]3C=CC=C3)[CH]3C=CC=C3)c2F)cc1. The van der Waals surface area contributed by atoms with Crippen LogP contribution in [-0.2, 0) is 42.8 Å². The molecule has 7 heteroatoms. The Morgan fingerprint density at radius 1 is 0.407 bits per heavy atom. The number of hydrogen-bond donors (Lipinski definition) is 0. The maximum atomic E-state index is 18.3. The summed E-state index contributed by atoms with van der Waals surface area (Å²) in [6, 6.07) is 41.1. The summed E-state index contributed by atoms with van der Waals surface area (Å²) in [5.41, 5.74) is 6.34. The van der Waals surface area contributed by atoms with Crippen LogP contribution in [0.3, 0.4) is 0 Å². The molecule has 0 amide bonds. The summed E-state index contributed by atoms with van der Waals surface area (Å²) in [4.78, 5) is 3.80. The molecule has 0 aliphatic heterocycles. The molecule has 6 aromatic carbocycles. The van der Waals surface area contributed by atoms with Gasteiger partial charge in [-0.3, -0.25) is 0 Å². The second kappa shape index (κ2) is 17.7. The van der Waals surface area contributed by atoms with Crippen LogP contribution < -0.4 is 17.5 Å². The molecule has 8 rings (SSSR count). The summed E-state index contributed by atoms with van der Waals surface area (Å²) in [6.45, 7) is 5.34. The van der Waals surface area contributed by atoms with E-state index in [1.165, 1.54) is 24.3 Å². The number of nitrogens with zero attached hydrogens (tertiary/aromatic N) is 2. The maximum absolute atomic E-state index is 18.3. The number of halogens is 4. The van der Waals surface area contributed by atoms with E-state index in [1.54, 1.807) is 0 Å². The Morgan fingerprint density at radius 2 is 0.729 bits per heavy atom. The molecule has 0 unspecified atom stereocenters. The van der Waals surface area contributed by atoms with Gasteiger partial charge in [0.05, 0.1) is 0 Å². The first-order valence-electron chi connectivity index (χ1n) is 20.1. The van der Waals surface area contributed by atoms with Gasteiger partial charge in [-0.2, -0.15) is 0 Å². The molecule has 0 atom stereocenters. The van der Waals surface area contributed by atoms with Gasteiger partial charge in [-0.15, -0.1) is 0 Å². The monoisotopic (exact) mass is 822 g/mol. The third kappa shape index (κ3) is 8.30. The molecular weight excluding hydrogens is 776 g/mol. The first-order valence-corrected chi connectivity index (χ1v) is 23.4. The minimum atomic E-state index is -5.13. The molecule has 0 heterocycles. The summed E-state index contributed by atoms with van der Waals surface area (Å²) in [5, 5.41) is 0. The van der Waals surface area contributed by atoms with E-state index in [2.05, 4.69) is 0 Å². The molecule has 0 bridgehead atoms. The van der Waals surface area contributed by atoms with Crippen LogP contribution in [0, 0.1) is 37.1 Å². The molecule has 0 fully saturated rings. The summed E-state index contributed by atoms with van der Waals surface area (Å²) < 4.78 is 69.4. The normalized spacial score (nSPS) is 13.8. The first-order chi connectivity index (χ1) is 28.7. The van der Waals surface area contributed by atoms with Crippen molar-refractivity contribution in [1.29, 1.82) is 0 Å². The van der Waals surface area contributed by atoms with Gasteiger partial charge in [-0.05, 0) is 0 Å². The van der Waals surface area contributed by atoms with Gasteiger partial charge in [0.25, 0.3) is 0 Å². The molecule has 2 aliphatic rings. The van der Waals surface area contributed by atoms with Gasteiger partial charge in [0.2, 0.25) is 0 Å². The van der Waals surface area contributed by atoms with E-state index in [1.807, 2.05) is 181 Å². The fourth-order valence-electron chi connectivity index (χ4n) is 8.70. The number of benzene rings is 6. The van der Waals surface area contributed by atoms with Crippen molar-refractivity contribution in [2.75, 3.05) is 9.80 Å². The van der Waals surface area contributed by atoms with E-state index in [0.717, 1.165) is 33.4 Å². The molecule has 0 aromatic heterocycles. The van der Waals surface area contributed by atoms with Gasteiger partial charge in [0.1, 0.15) is 0 Å². The fraction of sp³-hybridized carbons (Fsp3) is 0.154. The quantitative estimate of drug-likeness (QED) is 0.0798. The Kier molecular flexibility index (Phi) is 12.0. The number of hydrogen-bond acceptors (Lipinski definition) is 2. The fourth-order valence-corrected chi connectivity index (χ4v) is 17.5. The molecule has 0 saturated carbocycles. The predicted molar refractivity (Wildman–Crippen MR) is 231 cm³/mol. The zero-order valence-electron chi connectivity index (χ0n) is 33.2. The zero-order valence-corrected chi connectivity index (χ0v) is 34.8. The summed E-state index contributed by atoms with van der Waals surface area (Å²) in [5.74, 6) is -3.15.